The molecular weight excluding hydrogens is 741 g/mol. The lowest BCUT2D eigenvalue weighted by Gasteiger charge is -2.13. The van der Waals surface area contributed by atoms with Crippen LogP contribution in [0.3, 0.4) is 0 Å². The number of nitrogens with one attached hydrogen (secondary N) is 4. The predicted octanol–water partition coefficient (Wildman–Crippen LogP) is 6.22. The van der Waals surface area contributed by atoms with Crippen LogP contribution in [0.2, 0.25) is 0 Å². The summed E-state index contributed by atoms with van der Waals surface area (Å²) in [4.78, 5) is 36.5. The molecule has 2 amide bonds. The topological polar surface area (TPSA) is 227 Å². The Bertz CT molecular complexity index is 2530. The van der Waals surface area contributed by atoms with Gasteiger partial charge in [-0.25, -0.2) is 31.2 Å². The number of amides is 2. The summed E-state index contributed by atoms with van der Waals surface area (Å²) in [5.41, 5.74) is 0.249. The third-order valence-corrected chi connectivity index (χ3v) is 10.8. The molecule has 0 atom stereocenters. The van der Waals surface area contributed by atoms with E-state index >= 15 is 0 Å². The van der Waals surface area contributed by atoms with Gasteiger partial charge < -0.3 is 30.3 Å². The number of esters is 2. The van der Waals surface area contributed by atoms with Gasteiger partial charge in [0.05, 0.1) is 46.5 Å². The Morgan fingerprint density at radius 2 is 0.889 bits per heavy atom. The van der Waals surface area contributed by atoms with Gasteiger partial charge in [0.1, 0.15) is 11.5 Å². The van der Waals surface area contributed by atoms with Gasteiger partial charge in [0.25, 0.3) is 20.0 Å². The van der Waals surface area contributed by atoms with Crippen molar-refractivity contribution < 1.29 is 50.9 Å². The van der Waals surface area contributed by atoms with E-state index in [1.54, 1.807) is 48.5 Å². The largest absolute Gasteiger partial charge is 0.506 e. The summed E-state index contributed by atoms with van der Waals surface area (Å²) in [6.07, 6.45) is 0. The van der Waals surface area contributed by atoms with E-state index in [4.69, 9.17) is 0 Å². The van der Waals surface area contributed by atoms with Crippen LogP contribution < -0.4 is 20.1 Å². The Morgan fingerprint density at radius 1 is 0.500 bits per heavy atom. The number of hydrogen-bond donors (Lipinski definition) is 6. The molecule has 54 heavy (non-hydrogen) atoms. The van der Waals surface area contributed by atoms with Crippen LogP contribution in [0.25, 0.3) is 21.5 Å². The molecule has 0 saturated heterocycles. The third-order valence-electron chi connectivity index (χ3n) is 8.08. The smallest absolute Gasteiger partial charge is 0.337 e. The maximum atomic E-state index is 13.2. The van der Waals surface area contributed by atoms with Crippen molar-refractivity contribution in [2.45, 2.75) is 9.79 Å². The monoisotopic (exact) mass is 770 g/mol. The average molecular weight is 771 g/mol. The van der Waals surface area contributed by atoms with Crippen LogP contribution in [-0.2, 0) is 29.5 Å². The maximum absolute atomic E-state index is 13.2. The molecule has 0 aromatic heterocycles. The molecule has 6 aromatic carbocycles. The number of fused-ring (bicyclic) bond motifs is 2. The third kappa shape index (κ3) is 7.96. The molecule has 0 saturated carbocycles. The Hall–Kier alpha value is -6.85. The van der Waals surface area contributed by atoms with Gasteiger partial charge in [0.15, 0.2) is 0 Å². The first-order valence-corrected chi connectivity index (χ1v) is 18.7. The van der Waals surface area contributed by atoms with Gasteiger partial charge >= 0.3 is 18.0 Å². The summed E-state index contributed by atoms with van der Waals surface area (Å²) in [6, 6.07) is 24.9. The van der Waals surface area contributed by atoms with Gasteiger partial charge in [0.2, 0.25) is 0 Å². The minimum Gasteiger partial charge on any atom is -0.506 e. The highest BCUT2D eigenvalue weighted by Gasteiger charge is 2.20. The molecule has 0 aliphatic carbocycles. The number of phenolic OH excluding ortho intramolecular Hbond substituents is 2. The lowest BCUT2D eigenvalue weighted by molar-refractivity contribution is 0.0592. The van der Waals surface area contributed by atoms with Crippen molar-refractivity contribution in [2.75, 3.05) is 34.3 Å². The second kappa shape index (κ2) is 14.6. The van der Waals surface area contributed by atoms with E-state index in [0.717, 1.165) is 24.3 Å². The number of sulfonamides is 2. The number of rotatable bonds is 10. The average Bonchev–Trinajstić information content (AvgIpc) is 3.15. The highest BCUT2D eigenvalue weighted by molar-refractivity contribution is 7.93. The fourth-order valence-electron chi connectivity index (χ4n) is 5.37. The Morgan fingerprint density at radius 3 is 1.28 bits per heavy atom. The molecule has 0 heterocycles. The molecule has 6 rings (SSSR count). The van der Waals surface area contributed by atoms with Crippen molar-refractivity contribution in [3.05, 3.63) is 120 Å². The minimum absolute atomic E-state index is 0.0256. The van der Waals surface area contributed by atoms with Gasteiger partial charge in [-0.3, -0.25) is 9.44 Å². The number of carbonyl (C=O) groups excluding carboxylic acids is 3. The maximum Gasteiger partial charge on any atom is 0.337 e. The first kappa shape index (κ1) is 36.9. The van der Waals surface area contributed by atoms with Crippen LogP contribution >= 0.6 is 0 Å². The van der Waals surface area contributed by atoms with E-state index in [1.165, 1.54) is 50.6 Å². The zero-order valence-electron chi connectivity index (χ0n) is 28.3. The number of hydrogen-bond acceptors (Lipinski definition) is 11. The van der Waals surface area contributed by atoms with Crippen LogP contribution in [0.1, 0.15) is 20.7 Å². The first-order valence-electron chi connectivity index (χ1n) is 15.7. The molecule has 0 bridgehead atoms. The van der Waals surface area contributed by atoms with E-state index in [-0.39, 0.29) is 32.3 Å². The SMILES string of the molecule is COC(=O)c1ccc(O)c(NS(=O)(=O)c2ccc3ccc(NC(=O)Nc4ccc5ccc(S(=O)(=O)Nc6cc(C(=O)OC)ccc6O)cc5c4)cc3c2)c1. The summed E-state index contributed by atoms with van der Waals surface area (Å²) in [6.45, 7) is 0. The van der Waals surface area contributed by atoms with Crippen LogP contribution in [0, 0.1) is 0 Å². The van der Waals surface area contributed by atoms with E-state index in [9.17, 15) is 41.4 Å². The number of phenols is 2. The molecule has 0 aliphatic heterocycles. The number of urea groups is 1. The van der Waals surface area contributed by atoms with Crippen molar-refractivity contribution in [3.8, 4) is 11.5 Å². The Balaban J connectivity index is 1.17. The highest BCUT2D eigenvalue weighted by atomic mass is 32.2. The molecule has 6 aromatic rings. The zero-order chi connectivity index (χ0) is 38.8. The lowest BCUT2D eigenvalue weighted by Crippen LogP contribution is -2.19. The van der Waals surface area contributed by atoms with E-state index < -0.39 is 49.5 Å². The normalized spacial score (nSPS) is 11.4. The number of benzene rings is 6. The number of aromatic hydroxyl groups is 2. The van der Waals surface area contributed by atoms with Crippen molar-refractivity contribution in [3.63, 3.8) is 0 Å². The molecule has 17 heteroatoms. The van der Waals surface area contributed by atoms with Gasteiger partial charge in [-0.1, -0.05) is 24.3 Å². The predicted molar refractivity (Wildman–Crippen MR) is 201 cm³/mol. The summed E-state index contributed by atoms with van der Waals surface area (Å²) < 4.78 is 66.8. The molecule has 15 nitrogen and oxygen atoms in total. The fourth-order valence-corrected chi connectivity index (χ4v) is 7.57. The standard InChI is InChI=1S/C37H30N4O11S2/c1-51-35(44)23-7-13-33(42)31(19-23)40-53(47,48)29-11-5-21-3-9-27(15-25(21)17-29)38-37(46)39-28-10-4-22-6-12-30(18-26(22)16-28)54(49,50)41-32-20-24(36(45)52-2)8-14-34(32)43/h3-20,40-43H,1-2H3,(H2,38,39,46). The van der Waals surface area contributed by atoms with E-state index in [2.05, 4.69) is 29.6 Å². The molecule has 0 fully saturated rings. The summed E-state index contributed by atoms with van der Waals surface area (Å²) in [5.74, 6) is -2.24. The van der Waals surface area contributed by atoms with Gasteiger partial charge in [-0.2, -0.15) is 0 Å². The van der Waals surface area contributed by atoms with E-state index in [0.29, 0.717) is 32.9 Å². The van der Waals surface area contributed by atoms with Crippen LogP contribution in [0.4, 0.5) is 27.5 Å². The molecule has 0 radical (unpaired) electrons. The molecular formula is C37H30N4O11S2. The van der Waals surface area contributed by atoms with Gasteiger partial charge in [0, 0.05) is 11.4 Å². The second-order valence-electron chi connectivity index (χ2n) is 11.7. The minimum atomic E-state index is -4.24. The number of ether oxygens (including phenoxy) is 2. The van der Waals surface area contributed by atoms with Crippen LogP contribution in [-0.4, -0.2) is 59.2 Å². The van der Waals surface area contributed by atoms with Crippen molar-refractivity contribution in [2.24, 2.45) is 0 Å². The molecule has 0 spiro atoms. The van der Waals surface area contributed by atoms with Crippen LogP contribution in [0.15, 0.2) is 119 Å². The molecule has 0 unspecified atom stereocenters. The van der Waals surface area contributed by atoms with Crippen molar-refractivity contribution in [1.82, 2.24) is 0 Å². The molecule has 6 N–H and O–H groups in total. The Labute approximate surface area is 308 Å². The van der Waals surface area contributed by atoms with E-state index in [1.807, 2.05) is 0 Å². The molecule has 0 aliphatic rings. The fraction of sp³-hybridized carbons (Fsp3) is 0.0541. The van der Waals surface area contributed by atoms with Crippen molar-refractivity contribution in [1.29, 1.82) is 0 Å². The number of methoxy groups -OCH3 is 2. The number of carbonyl (C=O) groups is 3. The summed E-state index contributed by atoms with van der Waals surface area (Å²) in [7, 11) is -6.14. The zero-order valence-corrected chi connectivity index (χ0v) is 29.9. The Kier molecular flexibility index (Phi) is 10.0. The first-order chi connectivity index (χ1) is 25.6. The second-order valence-corrected chi connectivity index (χ2v) is 15.0. The van der Waals surface area contributed by atoms with Crippen LogP contribution in [0.5, 0.6) is 11.5 Å². The van der Waals surface area contributed by atoms with Crippen molar-refractivity contribution >= 4 is 82.3 Å². The highest BCUT2D eigenvalue weighted by Crippen LogP contribution is 2.31. The van der Waals surface area contributed by atoms with Gasteiger partial charge in [-0.05, 0) is 106 Å². The van der Waals surface area contributed by atoms with Gasteiger partial charge in [-0.15, -0.1) is 0 Å². The quantitative estimate of drug-likeness (QED) is 0.0677. The number of anilines is 4. The summed E-state index contributed by atoms with van der Waals surface area (Å²) in [5, 5.41) is 28.0. The molecule has 276 valence electrons. The summed E-state index contributed by atoms with van der Waals surface area (Å²) >= 11 is 0. The lowest BCUT2D eigenvalue weighted by atomic mass is 10.1.